The van der Waals surface area contributed by atoms with Gasteiger partial charge in [-0.2, -0.15) is 0 Å². The monoisotopic (exact) mass is 425 g/mol. The SMILES string of the molecule is CC(C)C(=O)Nc1cccc(CNCc2ccccc2OCc2cccnc2)c1.Cl. The van der Waals surface area contributed by atoms with Crippen molar-refractivity contribution in [2.45, 2.75) is 33.5 Å². The number of benzene rings is 2. The van der Waals surface area contributed by atoms with Crippen molar-refractivity contribution < 1.29 is 9.53 Å². The number of halogens is 1. The topological polar surface area (TPSA) is 63.2 Å². The van der Waals surface area contributed by atoms with Crippen LogP contribution in [0.1, 0.15) is 30.5 Å². The second kappa shape index (κ2) is 12.0. The van der Waals surface area contributed by atoms with Gasteiger partial charge >= 0.3 is 0 Å². The third-order valence-corrected chi connectivity index (χ3v) is 4.45. The Morgan fingerprint density at radius 3 is 2.57 bits per heavy atom. The molecule has 158 valence electrons. The van der Waals surface area contributed by atoms with Crippen molar-refractivity contribution in [2.75, 3.05) is 5.32 Å². The Bertz CT molecular complexity index is 932. The van der Waals surface area contributed by atoms with E-state index < -0.39 is 0 Å². The molecule has 0 saturated carbocycles. The normalized spacial score (nSPS) is 10.4. The summed E-state index contributed by atoms with van der Waals surface area (Å²) in [6, 6.07) is 19.8. The first kappa shape index (κ1) is 23.4. The molecule has 2 N–H and O–H groups in total. The maximum atomic E-state index is 11.9. The van der Waals surface area contributed by atoms with E-state index in [0.717, 1.165) is 28.1 Å². The van der Waals surface area contributed by atoms with Gasteiger partial charge in [-0.15, -0.1) is 12.4 Å². The molecule has 1 heterocycles. The lowest BCUT2D eigenvalue weighted by molar-refractivity contribution is -0.118. The Balaban J connectivity index is 0.00000320. The summed E-state index contributed by atoms with van der Waals surface area (Å²) >= 11 is 0. The summed E-state index contributed by atoms with van der Waals surface area (Å²) in [5, 5.41) is 6.39. The van der Waals surface area contributed by atoms with Gasteiger partial charge < -0.3 is 15.4 Å². The number of anilines is 1. The maximum Gasteiger partial charge on any atom is 0.226 e. The van der Waals surface area contributed by atoms with E-state index in [9.17, 15) is 4.79 Å². The molecule has 3 aromatic rings. The highest BCUT2D eigenvalue weighted by atomic mass is 35.5. The first-order valence-corrected chi connectivity index (χ1v) is 9.82. The number of hydrogen-bond donors (Lipinski definition) is 2. The summed E-state index contributed by atoms with van der Waals surface area (Å²) in [5.41, 5.74) is 4.07. The van der Waals surface area contributed by atoms with Gasteiger partial charge in [0.2, 0.25) is 5.91 Å². The molecule has 0 saturated heterocycles. The molecule has 2 aromatic carbocycles. The smallest absolute Gasteiger partial charge is 0.226 e. The van der Waals surface area contributed by atoms with Crippen LogP contribution in [0.25, 0.3) is 0 Å². The molecule has 0 atom stereocenters. The molecule has 6 heteroatoms. The summed E-state index contributed by atoms with van der Waals surface area (Å²) in [7, 11) is 0. The van der Waals surface area contributed by atoms with Gasteiger partial charge in [0.25, 0.3) is 0 Å². The molecular formula is C24H28ClN3O2. The van der Waals surface area contributed by atoms with Crippen molar-refractivity contribution >= 4 is 24.0 Å². The molecule has 30 heavy (non-hydrogen) atoms. The zero-order chi connectivity index (χ0) is 20.5. The van der Waals surface area contributed by atoms with Crippen LogP contribution in [0.3, 0.4) is 0 Å². The average Bonchev–Trinajstić information content (AvgIpc) is 2.74. The van der Waals surface area contributed by atoms with Gasteiger partial charge in [0.15, 0.2) is 0 Å². The minimum Gasteiger partial charge on any atom is -0.489 e. The standard InChI is InChI=1S/C24H27N3O2.ClH/c1-18(2)24(28)27-22-10-5-7-19(13-22)14-26-16-21-9-3-4-11-23(21)29-17-20-8-6-12-25-15-20;/h3-13,15,18,26H,14,16-17H2,1-2H3,(H,27,28);1H. The number of amides is 1. The van der Waals surface area contributed by atoms with Crippen LogP contribution in [0.2, 0.25) is 0 Å². The van der Waals surface area contributed by atoms with Gasteiger partial charge in [-0.05, 0) is 29.8 Å². The van der Waals surface area contributed by atoms with E-state index in [1.807, 2.05) is 74.6 Å². The number of rotatable bonds is 9. The zero-order valence-corrected chi connectivity index (χ0v) is 18.1. The second-order valence-electron chi connectivity index (χ2n) is 7.21. The molecule has 1 aromatic heterocycles. The quantitative estimate of drug-likeness (QED) is 0.508. The van der Waals surface area contributed by atoms with Gasteiger partial charge in [-0.3, -0.25) is 9.78 Å². The fraction of sp³-hybridized carbons (Fsp3) is 0.250. The molecule has 0 radical (unpaired) electrons. The summed E-state index contributed by atoms with van der Waals surface area (Å²) in [6.45, 7) is 5.64. The van der Waals surface area contributed by atoms with E-state index in [4.69, 9.17) is 4.74 Å². The number of pyridine rings is 1. The summed E-state index contributed by atoms with van der Waals surface area (Å²) in [6.07, 6.45) is 3.57. The van der Waals surface area contributed by atoms with Crippen molar-refractivity contribution in [3.8, 4) is 5.75 Å². The third kappa shape index (κ3) is 7.17. The van der Waals surface area contributed by atoms with E-state index in [0.29, 0.717) is 19.7 Å². The van der Waals surface area contributed by atoms with E-state index in [2.05, 4.69) is 21.7 Å². The predicted octanol–water partition coefficient (Wildman–Crippen LogP) is 4.97. The number of carbonyl (C=O) groups is 1. The van der Waals surface area contributed by atoms with Gasteiger partial charge in [0, 0.05) is 48.2 Å². The highest BCUT2D eigenvalue weighted by Gasteiger charge is 2.07. The molecule has 0 spiro atoms. The third-order valence-electron chi connectivity index (χ3n) is 4.45. The molecule has 0 unspecified atom stereocenters. The van der Waals surface area contributed by atoms with Gasteiger partial charge in [-0.25, -0.2) is 0 Å². The van der Waals surface area contributed by atoms with Crippen molar-refractivity contribution in [3.05, 3.63) is 89.7 Å². The molecule has 5 nitrogen and oxygen atoms in total. The van der Waals surface area contributed by atoms with Crippen LogP contribution >= 0.6 is 12.4 Å². The zero-order valence-electron chi connectivity index (χ0n) is 17.3. The van der Waals surface area contributed by atoms with Gasteiger partial charge in [0.1, 0.15) is 12.4 Å². The number of aromatic nitrogens is 1. The Labute approximate surface area is 184 Å². The van der Waals surface area contributed by atoms with E-state index in [1.165, 1.54) is 0 Å². The largest absolute Gasteiger partial charge is 0.489 e. The summed E-state index contributed by atoms with van der Waals surface area (Å²) in [5.74, 6) is 0.844. The van der Waals surface area contributed by atoms with Crippen molar-refractivity contribution in [1.29, 1.82) is 0 Å². The second-order valence-corrected chi connectivity index (χ2v) is 7.21. The van der Waals surface area contributed by atoms with Crippen LogP contribution in [-0.4, -0.2) is 10.9 Å². The van der Waals surface area contributed by atoms with E-state index >= 15 is 0 Å². The lowest BCUT2D eigenvalue weighted by atomic mass is 10.1. The molecule has 1 amide bonds. The first-order chi connectivity index (χ1) is 14.1. The lowest BCUT2D eigenvalue weighted by Gasteiger charge is -2.13. The fourth-order valence-electron chi connectivity index (χ4n) is 2.82. The first-order valence-electron chi connectivity index (χ1n) is 9.82. The van der Waals surface area contributed by atoms with Crippen LogP contribution < -0.4 is 15.4 Å². The van der Waals surface area contributed by atoms with Crippen molar-refractivity contribution in [3.63, 3.8) is 0 Å². The molecule has 0 bridgehead atoms. The number of para-hydroxylation sites is 1. The molecule has 0 aliphatic rings. The van der Waals surface area contributed by atoms with E-state index in [1.54, 1.807) is 6.20 Å². The number of hydrogen-bond acceptors (Lipinski definition) is 4. The Hall–Kier alpha value is -2.89. The molecule has 0 aliphatic carbocycles. The van der Waals surface area contributed by atoms with Crippen LogP contribution in [0.15, 0.2) is 73.1 Å². The van der Waals surface area contributed by atoms with E-state index in [-0.39, 0.29) is 24.2 Å². The fourth-order valence-corrected chi connectivity index (χ4v) is 2.82. The Morgan fingerprint density at radius 1 is 1.00 bits per heavy atom. The number of carbonyl (C=O) groups excluding carboxylic acids is 1. The van der Waals surface area contributed by atoms with Crippen LogP contribution in [-0.2, 0) is 24.5 Å². The highest BCUT2D eigenvalue weighted by Crippen LogP contribution is 2.19. The maximum absolute atomic E-state index is 11.9. The van der Waals surface area contributed by atoms with Gasteiger partial charge in [-0.1, -0.05) is 50.2 Å². The molecule has 0 fully saturated rings. The van der Waals surface area contributed by atoms with Crippen LogP contribution in [0.5, 0.6) is 5.75 Å². The van der Waals surface area contributed by atoms with Crippen LogP contribution in [0, 0.1) is 5.92 Å². The van der Waals surface area contributed by atoms with Gasteiger partial charge in [0.05, 0.1) is 0 Å². The number of ether oxygens (including phenoxy) is 1. The summed E-state index contributed by atoms with van der Waals surface area (Å²) in [4.78, 5) is 16.0. The average molecular weight is 426 g/mol. The minimum atomic E-state index is -0.0417. The highest BCUT2D eigenvalue weighted by molar-refractivity contribution is 5.92. The van der Waals surface area contributed by atoms with Crippen molar-refractivity contribution in [2.24, 2.45) is 5.92 Å². The Kier molecular flexibility index (Phi) is 9.32. The minimum absolute atomic E-state index is 0. The Morgan fingerprint density at radius 2 is 1.80 bits per heavy atom. The summed E-state index contributed by atoms with van der Waals surface area (Å²) < 4.78 is 5.98. The number of nitrogens with zero attached hydrogens (tertiary/aromatic N) is 1. The lowest BCUT2D eigenvalue weighted by Crippen LogP contribution is -2.18. The predicted molar refractivity (Wildman–Crippen MR) is 123 cm³/mol. The molecule has 3 rings (SSSR count). The molecule has 0 aliphatic heterocycles. The molecular weight excluding hydrogens is 398 g/mol. The van der Waals surface area contributed by atoms with Crippen molar-refractivity contribution in [1.82, 2.24) is 10.3 Å². The van der Waals surface area contributed by atoms with Crippen LogP contribution in [0.4, 0.5) is 5.69 Å². The number of nitrogens with one attached hydrogen (secondary N) is 2.